The van der Waals surface area contributed by atoms with Crippen LogP contribution in [-0.4, -0.2) is 45.4 Å². The van der Waals surface area contributed by atoms with Crippen molar-refractivity contribution in [2.24, 2.45) is 4.99 Å². The summed E-state index contributed by atoms with van der Waals surface area (Å²) in [4.78, 5) is 4.19. The summed E-state index contributed by atoms with van der Waals surface area (Å²) in [6, 6.07) is 8.09. The van der Waals surface area contributed by atoms with E-state index in [1.165, 1.54) is 5.56 Å². The fraction of sp³-hybridized carbons (Fsp3) is 0.588. The van der Waals surface area contributed by atoms with Gasteiger partial charge in [-0.25, -0.2) is 0 Å². The van der Waals surface area contributed by atoms with Crippen molar-refractivity contribution < 1.29 is 9.47 Å². The van der Waals surface area contributed by atoms with Crippen LogP contribution in [0.15, 0.2) is 29.3 Å². The van der Waals surface area contributed by atoms with Gasteiger partial charge in [-0.1, -0.05) is 17.7 Å². The Morgan fingerprint density at radius 3 is 2.52 bits per heavy atom. The van der Waals surface area contributed by atoms with Gasteiger partial charge in [-0.3, -0.25) is 4.99 Å². The second-order valence-corrected chi connectivity index (χ2v) is 5.17. The Labute approximate surface area is 157 Å². The standard InChI is InChI=1S/C17H29N3O2.HI/c1-5-21-12-6-11-19-17(18-4)20-13-15(3)22-16-9-7-14(2)8-10-16;/h7-10,15H,5-6,11-13H2,1-4H3,(H2,18,19,20);1H. The lowest BCUT2D eigenvalue weighted by molar-refractivity contribution is 0.145. The van der Waals surface area contributed by atoms with Gasteiger partial charge in [0.2, 0.25) is 0 Å². The molecular formula is C17H30IN3O2. The van der Waals surface area contributed by atoms with E-state index in [1.54, 1.807) is 7.05 Å². The molecule has 0 heterocycles. The van der Waals surface area contributed by atoms with Crippen LogP contribution in [0.5, 0.6) is 5.75 Å². The molecule has 132 valence electrons. The third-order valence-electron chi connectivity index (χ3n) is 3.10. The number of ether oxygens (including phenoxy) is 2. The number of aryl methyl sites for hydroxylation is 1. The summed E-state index contributed by atoms with van der Waals surface area (Å²) in [6.07, 6.45) is 1.02. The van der Waals surface area contributed by atoms with E-state index < -0.39 is 0 Å². The van der Waals surface area contributed by atoms with Crippen molar-refractivity contribution in [1.29, 1.82) is 0 Å². The molecule has 0 aliphatic carbocycles. The molecule has 1 aromatic carbocycles. The maximum Gasteiger partial charge on any atom is 0.191 e. The van der Waals surface area contributed by atoms with Crippen molar-refractivity contribution in [3.63, 3.8) is 0 Å². The molecule has 0 bridgehead atoms. The van der Waals surface area contributed by atoms with Gasteiger partial charge in [-0.15, -0.1) is 24.0 Å². The zero-order chi connectivity index (χ0) is 16.2. The molecule has 0 fully saturated rings. The van der Waals surface area contributed by atoms with Crippen LogP contribution in [0.1, 0.15) is 25.8 Å². The van der Waals surface area contributed by atoms with E-state index in [-0.39, 0.29) is 30.1 Å². The minimum Gasteiger partial charge on any atom is -0.489 e. The van der Waals surface area contributed by atoms with E-state index in [4.69, 9.17) is 9.47 Å². The third-order valence-corrected chi connectivity index (χ3v) is 3.10. The van der Waals surface area contributed by atoms with Crippen molar-refractivity contribution in [3.05, 3.63) is 29.8 Å². The van der Waals surface area contributed by atoms with Gasteiger partial charge in [-0.05, 0) is 39.3 Å². The van der Waals surface area contributed by atoms with Gasteiger partial charge >= 0.3 is 0 Å². The number of halogens is 1. The number of nitrogens with one attached hydrogen (secondary N) is 2. The molecule has 6 heteroatoms. The highest BCUT2D eigenvalue weighted by Gasteiger charge is 2.05. The van der Waals surface area contributed by atoms with Crippen LogP contribution in [0.3, 0.4) is 0 Å². The van der Waals surface area contributed by atoms with Gasteiger partial charge in [-0.2, -0.15) is 0 Å². The van der Waals surface area contributed by atoms with Gasteiger partial charge in [0.05, 0.1) is 6.54 Å². The molecule has 2 N–H and O–H groups in total. The fourth-order valence-corrected chi connectivity index (χ4v) is 1.88. The predicted molar refractivity (Wildman–Crippen MR) is 107 cm³/mol. The van der Waals surface area contributed by atoms with E-state index in [2.05, 4.69) is 22.5 Å². The Morgan fingerprint density at radius 2 is 1.91 bits per heavy atom. The van der Waals surface area contributed by atoms with Crippen molar-refractivity contribution >= 4 is 29.9 Å². The Balaban J connectivity index is 0.00000484. The molecule has 1 unspecified atom stereocenters. The number of aliphatic imine (C=N–C) groups is 1. The Morgan fingerprint density at radius 1 is 1.22 bits per heavy atom. The minimum absolute atomic E-state index is 0. The first kappa shape index (κ1) is 22.0. The molecule has 0 saturated heterocycles. The first-order valence-electron chi connectivity index (χ1n) is 7.91. The maximum atomic E-state index is 5.86. The first-order valence-corrected chi connectivity index (χ1v) is 7.91. The smallest absolute Gasteiger partial charge is 0.191 e. The van der Waals surface area contributed by atoms with Crippen LogP contribution in [0.4, 0.5) is 0 Å². The molecule has 5 nitrogen and oxygen atoms in total. The molecule has 1 atom stereocenters. The van der Waals surface area contributed by atoms with Crippen LogP contribution >= 0.6 is 24.0 Å². The third kappa shape index (κ3) is 10.4. The summed E-state index contributed by atoms with van der Waals surface area (Å²) in [5, 5.41) is 6.52. The second-order valence-electron chi connectivity index (χ2n) is 5.17. The molecule has 0 amide bonds. The van der Waals surface area contributed by atoms with Crippen LogP contribution < -0.4 is 15.4 Å². The number of hydrogen-bond acceptors (Lipinski definition) is 3. The summed E-state index contributed by atoms with van der Waals surface area (Å²) in [6.45, 7) is 9.18. The zero-order valence-corrected chi connectivity index (χ0v) is 16.9. The largest absolute Gasteiger partial charge is 0.489 e. The number of nitrogens with zero attached hydrogens (tertiary/aromatic N) is 1. The monoisotopic (exact) mass is 435 g/mol. The molecule has 23 heavy (non-hydrogen) atoms. The SMILES string of the molecule is CCOCCCNC(=NC)NCC(C)Oc1ccc(C)cc1.I. The lowest BCUT2D eigenvalue weighted by atomic mass is 10.2. The summed E-state index contributed by atoms with van der Waals surface area (Å²) in [5.41, 5.74) is 1.23. The molecule has 0 aromatic heterocycles. The maximum absolute atomic E-state index is 5.86. The zero-order valence-electron chi connectivity index (χ0n) is 14.6. The number of hydrogen-bond donors (Lipinski definition) is 2. The molecule has 1 rings (SSSR count). The Bertz CT molecular complexity index is 438. The minimum atomic E-state index is 0. The van der Waals surface area contributed by atoms with Crippen molar-refractivity contribution in [2.45, 2.75) is 33.3 Å². The lowest BCUT2D eigenvalue weighted by Gasteiger charge is -2.18. The van der Waals surface area contributed by atoms with Gasteiger partial charge < -0.3 is 20.1 Å². The van der Waals surface area contributed by atoms with Crippen LogP contribution in [-0.2, 0) is 4.74 Å². The average molecular weight is 435 g/mol. The summed E-state index contributed by atoms with van der Waals surface area (Å²) >= 11 is 0. The van der Waals surface area contributed by atoms with Crippen molar-refractivity contribution in [1.82, 2.24) is 10.6 Å². The van der Waals surface area contributed by atoms with Gasteiger partial charge in [0.1, 0.15) is 11.9 Å². The normalized spacial score (nSPS) is 12.3. The molecule has 0 spiro atoms. The van der Waals surface area contributed by atoms with E-state index in [0.29, 0.717) is 6.54 Å². The van der Waals surface area contributed by atoms with Crippen molar-refractivity contribution in [2.75, 3.05) is 33.4 Å². The molecular weight excluding hydrogens is 405 g/mol. The van der Waals surface area contributed by atoms with E-state index in [0.717, 1.165) is 37.9 Å². The fourth-order valence-electron chi connectivity index (χ4n) is 1.88. The molecule has 0 aliphatic heterocycles. The summed E-state index contributed by atoms with van der Waals surface area (Å²) in [7, 11) is 1.77. The Kier molecular flexibility index (Phi) is 12.8. The van der Waals surface area contributed by atoms with E-state index in [9.17, 15) is 0 Å². The number of guanidine groups is 1. The highest BCUT2D eigenvalue weighted by atomic mass is 127. The molecule has 1 aromatic rings. The first-order chi connectivity index (χ1) is 10.7. The molecule has 0 radical (unpaired) electrons. The molecule has 0 aliphatic rings. The highest BCUT2D eigenvalue weighted by Crippen LogP contribution is 2.12. The Hall–Kier alpha value is -1.02. The number of benzene rings is 1. The summed E-state index contributed by atoms with van der Waals surface area (Å²) < 4.78 is 11.2. The van der Waals surface area contributed by atoms with Gasteiger partial charge in [0, 0.05) is 26.8 Å². The molecule has 0 saturated carbocycles. The lowest BCUT2D eigenvalue weighted by Crippen LogP contribution is -2.42. The van der Waals surface area contributed by atoms with Crippen LogP contribution in [0.2, 0.25) is 0 Å². The average Bonchev–Trinajstić information content (AvgIpc) is 2.52. The van der Waals surface area contributed by atoms with E-state index in [1.807, 2.05) is 38.1 Å². The van der Waals surface area contributed by atoms with Crippen LogP contribution in [0, 0.1) is 6.92 Å². The topological polar surface area (TPSA) is 54.9 Å². The number of rotatable bonds is 9. The highest BCUT2D eigenvalue weighted by molar-refractivity contribution is 14.0. The van der Waals surface area contributed by atoms with Gasteiger partial charge in [0.25, 0.3) is 0 Å². The predicted octanol–water partition coefficient (Wildman–Crippen LogP) is 2.97. The van der Waals surface area contributed by atoms with Crippen molar-refractivity contribution in [3.8, 4) is 5.75 Å². The summed E-state index contributed by atoms with van der Waals surface area (Å²) in [5.74, 6) is 1.68. The second kappa shape index (κ2) is 13.4. The van der Waals surface area contributed by atoms with Gasteiger partial charge in [0.15, 0.2) is 5.96 Å². The van der Waals surface area contributed by atoms with E-state index >= 15 is 0 Å². The van der Waals surface area contributed by atoms with Crippen LogP contribution in [0.25, 0.3) is 0 Å². The quantitative estimate of drug-likeness (QED) is 0.271.